The number of halogens is 3. The molecule has 0 aromatic heterocycles. The van der Waals surface area contributed by atoms with Crippen LogP contribution in [0.2, 0.25) is 0 Å². The highest BCUT2D eigenvalue weighted by Crippen LogP contribution is 2.46. The maximum atomic E-state index is 13.4. The summed E-state index contributed by atoms with van der Waals surface area (Å²) in [5.74, 6) is 2.30. The first-order valence-corrected chi connectivity index (χ1v) is 13.0. The van der Waals surface area contributed by atoms with E-state index in [1.54, 1.807) is 19.2 Å². The fourth-order valence-electron chi connectivity index (χ4n) is 5.22. The zero-order chi connectivity index (χ0) is 27.1. The minimum Gasteiger partial charge on any atom is -0.497 e. The van der Waals surface area contributed by atoms with Gasteiger partial charge < -0.3 is 4.74 Å². The quantitative estimate of drug-likeness (QED) is 0.204. The Labute approximate surface area is 224 Å². The smallest absolute Gasteiger partial charge is 0.416 e. The summed E-state index contributed by atoms with van der Waals surface area (Å²) in [6.45, 7) is 4.41. The van der Waals surface area contributed by atoms with Crippen molar-refractivity contribution in [3.63, 3.8) is 0 Å². The minimum atomic E-state index is -4.37. The molecule has 0 aliphatic rings. The predicted octanol–water partition coefficient (Wildman–Crippen LogP) is 9.81. The summed E-state index contributed by atoms with van der Waals surface area (Å²) in [4.78, 5) is 0. The summed E-state index contributed by atoms with van der Waals surface area (Å²) < 4.78 is 45.6. The molecule has 0 aliphatic carbocycles. The predicted molar refractivity (Wildman–Crippen MR) is 148 cm³/mol. The third-order valence-corrected chi connectivity index (χ3v) is 7.47. The molecular formula is C34H34F3O. The maximum Gasteiger partial charge on any atom is 0.416 e. The molecule has 1 nitrogen and oxygen atoms in total. The molecule has 38 heavy (non-hydrogen) atoms. The maximum absolute atomic E-state index is 13.4. The number of hydrogen-bond donors (Lipinski definition) is 0. The van der Waals surface area contributed by atoms with Crippen LogP contribution in [0.5, 0.6) is 5.75 Å². The van der Waals surface area contributed by atoms with E-state index in [0.717, 1.165) is 35.6 Å². The molecule has 0 amide bonds. The summed E-state index contributed by atoms with van der Waals surface area (Å²) in [6, 6.07) is 34.4. The summed E-state index contributed by atoms with van der Waals surface area (Å²) in [5, 5.41) is 0. The summed E-state index contributed by atoms with van der Waals surface area (Å²) in [7, 11) is 1.64. The normalized spacial score (nSPS) is 14.2. The van der Waals surface area contributed by atoms with E-state index in [9.17, 15) is 13.2 Å². The van der Waals surface area contributed by atoms with Crippen molar-refractivity contribution in [2.75, 3.05) is 7.11 Å². The highest BCUT2D eigenvalue weighted by atomic mass is 19.4. The van der Waals surface area contributed by atoms with Crippen LogP contribution in [-0.2, 0) is 6.18 Å². The lowest BCUT2D eigenvalue weighted by Crippen LogP contribution is -2.20. The van der Waals surface area contributed by atoms with Crippen molar-refractivity contribution in [2.45, 2.75) is 50.6 Å². The summed E-state index contributed by atoms with van der Waals surface area (Å²) in [5.41, 5.74) is 3.78. The van der Waals surface area contributed by atoms with Crippen LogP contribution >= 0.6 is 0 Å². The Bertz CT molecular complexity index is 1250. The SMILES string of the molecule is COc1ccc(C([C](CCC(C)c2ccccc2)c2ccc(C(F)(F)F)cc2)C(C)c2ccccc2)cc1. The van der Waals surface area contributed by atoms with Gasteiger partial charge in [0, 0.05) is 11.8 Å². The Kier molecular flexibility index (Phi) is 8.93. The number of alkyl halides is 3. The van der Waals surface area contributed by atoms with Gasteiger partial charge in [0.2, 0.25) is 0 Å². The molecular weight excluding hydrogens is 481 g/mol. The number of benzene rings is 4. The minimum absolute atomic E-state index is 0.0250. The first kappa shape index (κ1) is 27.5. The second-order valence-electron chi connectivity index (χ2n) is 9.90. The highest BCUT2D eigenvalue weighted by Gasteiger charge is 2.34. The Morgan fingerprint density at radius 2 is 1.24 bits per heavy atom. The van der Waals surface area contributed by atoms with Crippen molar-refractivity contribution in [1.82, 2.24) is 0 Å². The average Bonchev–Trinajstić information content (AvgIpc) is 2.95. The molecule has 4 aromatic rings. The molecule has 3 unspecified atom stereocenters. The van der Waals surface area contributed by atoms with E-state index in [0.29, 0.717) is 5.92 Å². The molecule has 4 rings (SSSR count). The molecule has 1 radical (unpaired) electrons. The third-order valence-electron chi connectivity index (χ3n) is 7.47. The molecule has 0 aliphatic heterocycles. The molecule has 4 heteroatoms. The Morgan fingerprint density at radius 3 is 1.76 bits per heavy atom. The van der Waals surface area contributed by atoms with E-state index in [4.69, 9.17) is 4.74 Å². The summed E-state index contributed by atoms with van der Waals surface area (Å²) >= 11 is 0. The molecule has 0 heterocycles. The molecule has 0 bridgehead atoms. The highest BCUT2D eigenvalue weighted by molar-refractivity contribution is 5.45. The van der Waals surface area contributed by atoms with Crippen molar-refractivity contribution in [2.24, 2.45) is 0 Å². The molecule has 0 fully saturated rings. The first-order valence-electron chi connectivity index (χ1n) is 13.0. The van der Waals surface area contributed by atoms with Crippen LogP contribution < -0.4 is 4.74 Å². The van der Waals surface area contributed by atoms with Crippen molar-refractivity contribution in [1.29, 1.82) is 0 Å². The van der Waals surface area contributed by atoms with Crippen molar-refractivity contribution in [3.8, 4) is 5.75 Å². The van der Waals surface area contributed by atoms with Crippen molar-refractivity contribution >= 4 is 0 Å². The van der Waals surface area contributed by atoms with Gasteiger partial charge in [-0.15, -0.1) is 0 Å². The van der Waals surface area contributed by atoms with E-state index in [-0.39, 0.29) is 11.8 Å². The van der Waals surface area contributed by atoms with Crippen LogP contribution in [0.3, 0.4) is 0 Å². The second-order valence-corrected chi connectivity index (χ2v) is 9.90. The van der Waals surface area contributed by atoms with E-state index in [1.807, 2.05) is 48.5 Å². The fourth-order valence-corrected chi connectivity index (χ4v) is 5.22. The topological polar surface area (TPSA) is 9.23 Å². The fraction of sp³-hybridized carbons (Fsp3) is 0.265. The van der Waals surface area contributed by atoms with Gasteiger partial charge in [0.1, 0.15) is 5.75 Å². The molecule has 0 spiro atoms. The van der Waals surface area contributed by atoms with Gasteiger partial charge in [-0.1, -0.05) is 98.8 Å². The van der Waals surface area contributed by atoms with Gasteiger partial charge in [0.05, 0.1) is 12.7 Å². The van der Waals surface area contributed by atoms with Crippen LogP contribution in [-0.4, -0.2) is 7.11 Å². The third kappa shape index (κ3) is 6.66. The Balaban J connectivity index is 1.76. The van der Waals surface area contributed by atoms with Gasteiger partial charge in [-0.2, -0.15) is 13.2 Å². The van der Waals surface area contributed by atoms with Gasteiger partial charge >= 0.3 is 6.18 Å². The lowest BCUT2D eigenvalue weighted by molar-refractivity contribution is -0.137. The number of rotatable bonds is 10. The molecule has 3 atom stereocenters. The first-order chi connectivity index (χ1) is 18.3. The van der Waals surface area contributed by atoms with Crippen molar-refractivity contribution < 1.29 is 17.9 Å². The van der Waals surface area contributed by atoms with E-state index in [1.165, 1.54) is 23.3 Å². The zero-order valence-corrected chi connectivity index (χ0v) is 22.1. The second kappa shape index (κ2) is 12.3. The largest absolute Gasteiger partial charge is 0.497 e. The Hall–Kier alpha value is -3.53. The van der Waals surface area contributed by atoms with Gasteiger partial charge in [-0.3, -0.25) is 0 Å². The van der Waals surface area contributed by atoms with E-state index in [2.05, 4.69) is 50.2 Å². The van der Waals surface area contributed by atoms with E-state index >= 15 is 0 Å². The van der Waals surface area contributed by atoms with Crippen LogP contribution in [0.25, 0.3) is 0 Å². The standard InChI is InChI=1S/C34H34F3O/c1-24(26-10-6-4-7-11-26)14-23-32(28-15-19-30(20-16-28)34(35,36)37)33(25(2)27-12-8-5-9-13-27)29-17-21-31(38-3)22-18-29/h4-13,15-22,24-25,33H,14,23H2,1-3H3. The van der Waals surface area contributed by atoms with Gasteiger partial charge in [-0.05, 0) is 71.2 Å². The zero-order valence-electron chi connectivity index (χ0n) is 22.1. The lowest BCUT2D eigenvalue weighted by atomic mass is 9.70. The van der Waals surface area contributed by atoms with Crippen LogP contribution in [0.1, 0.15) is 72.3 Å². The molecule has 197 valence electrons. The lowest BCUT2D eigenvalue weighted by Gasteiger charge is -2.34. The molecule has 4 aromatic carbocycles. The summed E-state index contributed by atoms with van der Waals surface area (Å²) in [6.07, 6.45) is -2.73. The number of methoxy groups -OCH3 is 1. The van der Waals surface area contributed by atoms with Crippen molar-refractivity contribution in [3.05, 3.63) is 143 Å². The van der Waals surface area contributed by atoms with E-state index < -0.39 is 11.7 Å². The molecule has 0 N–H and O–H groups in total. The Morgan fingerprint density at radius 1 is 0.684 bits per heavy atom. The monoisotopic (exact) mass is 515 g/mol. The molecule has 0 saturated carbocycles. The number of ether oxygens (including phenoxy) is 1. The van der Waals surface area contributed by atoms with Gasteiger partial charge in [-0.25, -0.2) is 0 Å². The van der Waals surface area contributed by atoms with Gasteiger partial charge in [0.15, 0.2) is 0 Å². The van der Waals surface area contributed by atoms with Crippen LogP contribution in [0.4, 0.5) is 13.2 Å². The average molecular weight is 516 g/mol. The number of hydrogen-bond acceptors (Lipinski definition) is 1. The van der Waals surface area contributed by atoms with Crippen LogP contribution in [0.15, 0.2) is 109 Å². The van der Waals surface area contributed by atoms with Gasteiger partial charge in [0.25, 0.3) is 0 Å². The van der Waals surface area contributed by atoms with Crippen LogP contribution in [0, 0.1) is 5.92 Å². The molecule has 0 saturated heterocycles.